The Labute approximate surface area is 135 Å². The van der Waals surface area contributed by atoms with Crippen LogP contribution in [0.15, 0.2) is 35.1 Å². The Balaban J connectivity index is 1.58. The van der Waals surface area contributed by atoms with Crippen LogP contribution in [0.25, 0.3) is 10.9 Å². The molecule has 5 heteroatoms. The van der Waals surface area contributed by atoms with Crippen LogP contribution in [-0.2, 0) is 11.3 Å². The van der Waals surface area contributed by atoms with Crippen LogP contribution < -0.4 is 5.56 Å². The van der Waals surface area contributed by atoms with Crippen LogP contribution in [0.5, 0.6) is 0 Å². The molecule has 2 N–H and O–H groups in total. The molecule has 5 nitrogen and oxygen atoms in total. The number of hydrogen-bond acceptors (Lipinski definition) is 4. The van der Waals surface area contributed by atoms with Gasteiger partial charge in [-0.25, -0.2) is 0 Å². The van der Waals surface area contributed by atoms with Gasteiger partial charge in [0.1, 0.15) is 0 Å². The second-order valence-electron chi connectivity index (χ2n) is 6.13. The first kappa shape index (κ1) is 16.2. The van der Waals surface area contributed by atoms with Crippen molar-refractivity contribution in [2.45, 2.75) is 31.9 Å². The molecule has 3 rings (SSSR count). The van der Waals surface area contributed by atoms with E-state index in [0.29, 0.717) is 19.6 Å². The molecule has 0 atom stereocenters. The highest BCUT2D eigenvalue weighted by Crippen LogP contribution is 2.17. The number of likely N-dealkylation sites (tertiary alicyclic amines) is 1. The minimum absolute atomic E-state index is 0.00465. The first-order valence-electron chi connectivity index (χ1n) is 8.32. The summed E-state index contributed by atoms with van der Waals surface area (Å²) in [6.07, 6.45) is 2.95. The number of nitrogens with zero attached hydrogens (tertiary/aromatic N) is 1. The summed E-state index contributed by atoms with van der Waals surface area (Å²) in [6, 6.07) is 9.86. The largest absolute Gasteiger partial charge is 0.396 e. The minimum atomic E-state index is 0.00465. The van der Waals surface area contributed by atoms with E-state index in [-0.39, 0.29) is 18.3 Å². The number of aromatic amines is 1. The standard InChI is InChI=1S/C18H24N2O3/c21-10-3-11-23-16-6-8-20(9-7-16)13-15-12-14-4-1-2-5-17(14)19-18(15)22/h1-2,4-5,12,16,21H,3,6-11,13H2,(H,19,22). The summed E-state index contributed by atoms with van der Waals surface area (Å²) in [7, 11) is 0. The van der Waals surface area contributed by atoms with E-state index in [2.05, 4.69) is 9.88 Å². The van der Waals surface area contributed by atoms with E-state index in [1.165, 1.54) is 0 Å². The summed E-state index contributed by atoms with van der Waals surface area (Å²) in [5.41, 5.74) is 1.71. The first-order valence-corrected chi connectivity index (χ1v) is 8.32. The lowest BCUT2D eigenvalue weighted by atomic mass is 10.1. The third-order valence-electron chi connectivity index (χ3n) is 4.41. The van der Waals surface area contributed by atoms with Gasteiger partial charge in [-0.05, 0) is 36.8 Å². The fraction of sp³-hybridized carbons (Fsp3) is 0.500. The van der Waals surface area contributed by atoms with Crippen molar-refractivity contribution in [3.05, 3.63) is 46.2 Å². The Morgan fingerprint density at radius 3 is 2.83 bits per heavy atom. The average molecular weight is 316 g/mol. The number of pyridine rings is 1. The number of ether oxygens (including phenoxy) is 1. The molecule has 1 aliphatic rings. The number of fused-ring (bicyclic) bond motifs is 1. The molecule has 2 aromatic rings. The summed E-state index contributed by atoms with van der Waals surface area (Å²) < 4.78 is 5.75. The van der Waals surface area contributed by atoms with Gasteiger partial charge >= 0.3 is 0 Å². The maximum atomic E-state index is 12.2. The predicted molar refractivity (Wildman–Crippen MR) is 90.5 cm³/mol. The summed E-state index contributed by atoms with van der Waals surface area (Å²) in [6.45, 7) is 3.38. The van der Waals surface area contributed by atoms with E-state index < -0.39 is 0 Å². The third-order valence-corrected chi connectivity index (χ3v) is 4.41. The van der Waals surface area contributed by atoms with Crippen LogP contribution in [0.1, 0.15) is 24.8 Å². The molecular formula is C18H24N2O3. The Morgan fingerprint density at radius 2 is 2.04 bits per heavy atom. The Morgan fingerprint density at radius 1 is 1.26 bits per heavy atom. The molecule has 0 spiro atoms. The number of aromatic nitrogens is 1. The van der Waals surface area contributed by atoms with Crippen molar-refractivity contribution in [1.29, 1.82) is 0 Å². The molecule has 23 heavy (non-hydrogen) atoms. The van der Waals surface area contributed by atoms with Crippen molar-refractivity contribution in [3.63, 3.8) is 0 Å². The molecule has 1 saturated heterocycles. The van der Waals surface area contributed by atoms with Crippen molar-refractivity contribution in [1.82, 2.24) is 9.88 Å². The van der Waals surface area contributed by atoms with Crippen LogP contribution in [0.4, 0.5) is 0 Å². The lowest BCUT2D eigenvalue weighted by molar-refractivity contribution is 0.000729. The smallest absolute Gasteiger partial charge is 0.252 e. The summed E-state index contributed by atoms with van der Waals surface area (Å²) >= 11 is 0. The lowest BCUT2D eigenvalue weighted by Gasteiger charge is -2.31. The van der Waals surface area contributed by atoms with Crippen molar-refractivity contribution < 1.29 is 9.84 Å². The molecule has 0 bridgehead atoms. The molecule has 124 valence electrons. The van der Waals surface area contributed by atoms with Gasteiger partial charge in [-0.3, -0.25) is 9.69 Å². The summed E-state index contributed by atoms with van der Waals surface area (Å²) in [5.74, 6) is 0. The van der Waals surface area contributed by atoms with Gasteiger partial charge in [0.05, 0.1) is 6.10 Å². The molecule has 0 saturated carbocycles. The number of aliphatic hydroxyl groups excluding tert-OH is 1. The Kier molecular flexibility index (Phi) is 5.43. The number of piperidine rings is 1. The number of rotatable bonds is 6. The number of benzene rings is 1. The summed E-state index contributed by atoms with van der Waals surface area (Å²) in [4.78, 5) is 17.5. The van der Waals surface area contributed by atoms with Gasteiger partial charge in [0.2, 0.25) is 0 Å². The second-order valence-corrected chi connectivity index (χ2v) is 6.13. The molecule has 1 aliphatic heterocycles. The molecule has 1 fully saturated rings. The van der Waals surface area contributed by atoms with Crippen LogP contribution in [0.2, 0.25) is 0 Å². The van der Waals surface area contributed by atoms with Gasteiger partial charge in [0.25, 0.3) is 5.56 Å². The van der Waals surface area contributed by atoms with Gasteiger partial charge in [0, 0.05) is 43.9 Å². The number of H-pyrrole nitrogens is 1. The average Bonchev–Trinajstić information content (AvgIpc) is 2.57. The van der Waals surface area contributed by atoms with Crippen LogP contribution in [0.3, 0.4) is 0 Å². The van der Waals surface area contributed by atoms with E-state index in [9.17, 15) is 4.79 Å². The number of para-hydroxylation sites is 1. The van der Waals surface area contributed by atoms with Crippen molar-refractivity contribution >= 4 is 10.9 Å². The maximum absolute atomic E-state index is 12.2. The first-order chi connectivity index (χ1) is 11.3. The molecule has 0 unspecified atom stereocenters. The topological polar surface area (TPSA) is 65.6 Å². The minimum Gasteiger partial charge on any atom is -0.396 e. The van der Waals surface area contributed by atoms with Crippen LogP contribution in [0, 0.1) is 0 Å². The quantitative estimate of drug-likeness (QED) is 0.799. The molecule has 1 aromatic heterocycles. The molecule has 0 aliphatic carbocycles. The maximum Gasteiger partial charge on any atom is 0.252 e. The van der Waals surface area contributed by atoms with Crippen molar-refractivity contribution in [2.75, 3.05) is 26.3 Å². The van der Waals surface area contributed by atoms with Gasteiger partial charge in [-0.2, -0.15) is 0 Å². The zero-order valence-corrected chi connectivity index (χ0v) is 13.3. The molecule has 0 amide bonds. The highest BCUT2D eigenvalue weighted by atomic mass is 16.5. The highest BCUT2D eigenvalue weighted by molar-refractivity contribution is 5.78. The van der Waals surface area contributed by atoms with E-state index >= 15 is 0 Å². The van der Waals surface area contributed by atoms with E-state index in [1.807, 2.05) is 30.3 Å². The van der Waals surface area contributed by atoms with Crippen LogP contribution >= 0.6 is 0 Å². The SMILES string of the molecule is O=c1[nH]c2ccccc2cc1CN1CCC(OCCCO)CC1. The van der Waals surface area contributed by atoms with Gasteiger partial charge in [-0.15, -0.1) is 0 Å². The normalized spacial score (nSPS) is 16.9. The zero-order valence-electron chi connectivity index (χ0n) is 13.3. The molecule has 1 aromatic carbocycles. The number of hydrogen-bond donors (Lipinski definition) is 2. The third kappa shape index (κ3) is 4.19. The summed E-state index contributed by atoms with van der Waals surface area (Å²) in [5, 5.41) is 9.86. The molecular weight excluding hydrogens is 292 g/mol. The number of aliphatic hydroxyl groups is 1. The second kappa shape index (κ2) is 7.73. The van der Waals surface area contributed by atoms with Crippen molar-refractivity contribution in [3.8, 4) is 0 Å². The molecule has 2 heterocycles. The van der Waals surface area contributed by atoms with Crippen LogP contribution in [-0.4, -0.2) is 47.4 Å². The van der Waals surface area contributed by atoms with Crippen molar-refractivity contribution in [2.24, 2.45) is 0 Å². The Bertz CT molecular complexity index is 690. The van der Waals surface area contributed by atoms with E-state index in [0.717, 1.165) is 42.4 Å². The van der Waals surface area contributed by atoms with E-state index in [1.54, 1.807) is 0 Å². The molecule has 0 radical (unpaired) electrons. The fourth-order valence-corrected chi connectivity index (χ4v) is 3.10. The van der Waals surface area contributed by atoms with E-state index in [4.69, 9.17) is 9.84 Å². The highest BCUT2D eigenvalue weighted by Gasteiger charge is 2.20. The van der Waals surface area contributed by atoms with Gasteiger partial charge in [0.15, 0.2) is 0 Å². The van der Waals surface area contributed by atoms with Gasteiger partial charge < -0.3 is 14.8 Å². The lowest BCUT2D eigenvalue weighted by Crippen LogP contribution is -2.37. The predicted octanol–water partition coefficient (Wildman–Crippen LogP) is 1.89. The Hall–Kier alpha value is -1.69. The number of nitrogens with one attached hydrogen (secondary N) is 1. The fourth-order valence-electron chi connectivity index (χ4n) is 3.10. The zero-order chi connectivity index (χ0) is 16.1. The van der Waals surface area contributed by atoms with Gasteiger partial charge in [-0.1, -0.05) is 18.2 Å². The monoisotopic (exact) mass is 316 g/mol.